The number of carbonyl (C=O) groups excluding carboxylic acids is 1. The number of rotatable bonds is 9. The molecule has 0 aliphatic rings. The normalized spacial score (nSPS) is 10.7. The Morgan fingerprint density at radius 2 is 1.81 bits per heavy atom. The molecule has 0 radical (unpaired) electrons. The predicted octanol–water partition coefficient (Wildman–Crippen LogP) is 3.25. The van der Waals surface area contributed by atoms with Crippen molar-refractivity contribution in [2.24, 2.45) is 0 Å². The molecule has 5 nitrogen and oxygen atoms in total. The van der Waals surface area contributed by atoms with Gasteiger partial charge in [0.15, 0.2) is 0 Å². The number of hydrogen-bond donors (Lipinski definition) is 1. The van der Waals surface area contributed by atoms with Gasteiger partial charge in [0.1, 0.15) is 18.1 Å². The molecule has 2 aromatic carbocycles. The summed E-state index contributed by atoms with van der Waals surface area (Å²) < 4.78 is 11.0. The minimum Gasteiger partial charge on any atom is -0.496 e. The average Bonchev–Trinajstić information content (AvgIpc) is 2.58. The topological polar surface area (TPSA) is 50.8 Å². The SMILES string of the molecule is COc1c(C)cc(CN(C)CC(=O)NCCOc2cccc(C)c2)cc1C. The molecular formula is C22H30N2O3. The first-order valence-corrected chi connectivity index (χ1v) is 9.18. The van der Waals surface area contributed by atoms with Gasteiger partial charge in [-0.1, -0.05) is 24.3 Å². The van der Waals surface area contributed by atoms with Crippen LogP contribution in [-0.4, -0.2) is 44.7 Å². The molecule has 2 aromatic rings. The molecule has 0 aromatic heterocycles. The van der Waals surface area contributed by atoms with Gasteiger partial charge in [-0.15, -0.1) is 0 Å². The molecule has 0 fully saturated rings. The Labute approximate surface area is 162 Å². The number of benzene rings is 2. The number of likely N-dealkylation sites (N-methyl/N-ethyl adjacent to an activating group) is 1. The number of amides is 1. The Morgan fingerprint density at radius 3 is 2.44 bits per heavy atom. The molecule has 0 heterocycles. The number of nitrogens with one attached hydrogen (secondary N) is 1. The third kappa shape index (κ3) is 6.61. The summed E-state index contributed by atoms with van der Waals surface area (Å²) in [5.74, 6) is 1.74. The fraction of sp³-hybridized carbons (Fsp3) is 0.409. The van der Waals surface area contributed by atoms with Crippen LogP contribution in [0.25, 0.3) is 0 Å². The van der Waals surface area contributed by atoms with Crippen LogP contribution in [0.3, 0.4) is 0 Å². The molecule has 0 atom stereocenters. The first-order chi connectivity index (χ1) is 12.9. The van der Waals surface area contributed by atoms with E-state index in [1.165, 1.54) is 5.56 Å². The van der Waals surface area contributed by atoms with Crippen LogP contribution in [0.4, 0.5) is 0 Å². The molecule has 0 spiro atoms. The number of aryl methyl sites for hydroxylation is 3. The zero-order valence-electron chi connectivity index (χ0n) is 17.0. The summed E-state index contributed by atoms with van der Waals surface area (Å²) in [4.78, 5) is 14.1. The van der Waals surface area contributed by atoms with Gasteiger partial charge in [-0.25, -0.2) is 0 Å². The predicted molar refractivity (Wildman–Crippen MR) is 108 cm³/mol. The van der Waals surface area contributed by atoms with Gasteiger partial charge in [-0.2, -0.15) is 0 Å². The van der Waals surface area contributed by atoms with Crippen LogP contribution >= 0.6 is 0 Å². The van der Waals surface area contributed by atoms with E-state index in [1.54, 1.807) is 7.11 Å². The molecule has 27 heavy (non-hydrogen) atoms. The molecule has 0 saturated heterocycles. The maximum Gasteiger partial charge on any atom is 0.234 e. The highest BCUT2D eigenvalue weighted by Gasteiger charge is 2.10. The van der Waals surface area contributed by atoms with E-state index in [2.05, 4.69) is 17.4 Å². The molecule has 1 N–H and O–H groups in total. The molecule has 0 aliphatic carbocycles. The molecule has 1 amide bonds. The van der Waals surface area contributed by atoms with Gasteiger partial charge in [0.25, 0.3) is 0 Å². The Bertz CT molecular complexity index is 751. The molecule has 0 aliphatic heterocycles. The number of ether oxygens (including phenoxy) is 2. The second-order valence-corrected chi connectivity index (χ2v) is 6.95. The minimum atomic E-state index is -0.00713. The lowest BCUT2D eigenvalue weighted by Crippen LogP contribution is -2.36. The molecule has 0 saturated carbocycles. The summed E-state index contributed by atoms with van der Waals surface area (Å²) in [6.45, 7) is 8.09. The molecule has 0 bridgehead atoms. The summed E-state index contributed by atoms with van der Waals surface area (Å²) in [6.07, 6.45) is 0. The second-order valence-electron chi connectivity index (χ2n) is 6.95. The fourth-order valence-corrected chi connectivity index (χ4v) is 3.19. The number of carbonyl (C=O) groups is 1. The first kappa shape index (κ1) is 20.8. The van der Waals surface area contributed by atoms with E-state index in [-0.39, 0.29) is 5.91 Å². The van der Waals surface area contributed by atoms with E-state index in [1.807, 2.05) is 57.0 Å². The van der Waals surface area contributed by atoms with E-state index in [0.29, 0.717) is 26.2 Å². The third-order valence-electron chi connectivity index (χ3n) is 4.27. The standard InChI is InChI=1S/C22H30N2O3/c1-16-7-6-8-20(11-16)27-10-9-23-21(25)15-24(4)14-19-12-17(2)22(26-5)18(3)13-19/h6-8,11-13H,9-10,14-15H2,1-5H3,(H,23,25). The van der Waals surface area contributed by atoms with Crippen LogP contribution in [0.2, 0.25) is 0 Å². The summed E-state index contributed by atoms with van der Waals surface area (Å²) in [6, 6.07) is 12.1. The van der Waals surface area contributed by atoms with Crippen molar-refractivity contribution in [1.29, 1.82) is 0 Å². The van der Waals surface area contributed by atoms with E-state index in [4.69, 9.17) is 9.47 Å². The quantitative estimate of drug-likeness (QED) is 0.689. The molecule has 146 valence electrons. The van der Waals surface area contributed by atoms with Crippen LogP contribution in [0.5, 0.6) is 11.5 Å². The van der Waals surface area contributed by atoms with Crippen molar-refractivity contribution >= 4 is 5.91 Å². The average molecular weight is 370 g/mol. The summed E-state index contributed by atoms with van der Waals surface area (Å²) in [5.41, 5.74) is 4.54. The Morgan fingerprint density at radius 1 is 1.11 bits per heavy atom. The minimum absolute atomic E-state index is 0.00713. The van der Waals surface area contributed by atoms with Crippen molar-refractivity contribution in [3.05, 3.63) is 58.7 Å². The van der Waals surface area contributed by atoms with Crippen molar-refractivity contribution in [2.45, 2.75) is 27.3 Å². The highest BCUT2D eigenvalue weighted by Crippen LogP contribution is 2.24. The van der Waals surface area contributed by atoms with Crippen LogP contribution in [0, 0.1) is 20.8 Å². The Hall–Kier alpha value is -2.53. The highest BCUT2D eigenvalue weighted by molar-refractivity contribution is 5.77. The summed E-state index contributed by atoms with van der Waals surface area (Å²) >= 11 is 0. The first-order valence-electron chi connectivity index (χ1n) is 9.18. The number of nitrogens with zero attached hydrogens (tertiary/aromatic N) is 1. The number of methoxy groups -OCH3 is 1. The third-order valence-corrected chi connectivity index (χ3v) is 4.27. The Balaban J connectivity index is 1.74. The lowest BCUT2D eigenvalue weighted by atomic mass is 10.1. The number of hydrogen-bond acceptors (Lipinski definition) is 4. The molecule has 5 heteroatoms. The zero-order valence-corrected chi connectivity index (χ0v) is 17.0. The van der Waals surface area contributed by atoms with E-state index in [0.717, 1.165) is 28.2 Å². The van der Waals surface area contributed by atoms with Crippen LogP contribution in [0.1, 0.15) is 22.3 Å². The molecule has 2 rings (SSSR count). The lowest BCUT2D eigenvalue weighted by Gasteiger charge is -2.18. The second kappa shape index (κ2) is 9.97. The summed E-state index contributed by atoms with van der Waals surface area (Å²) in [7, 11) is 3.63. The van der Waals surface area contributed by atoms with Crippen LogP contribution in [0.15, 0.2) is 36.4 Å². The van der Waals surface area contributed by atoms with Gasteiger partial charge in [0.2, 0.25) is 5.91 Å². The Kier molecular flexibility index (Phi) is 7.67. The molecule has 0 unspecified atom stereocenters. The van der Waals surface area contributed by atoms with Crippen LogP contribution < -0.4 is 14.8 Å². The van der Waals surface area contributed by atoms with Crippen molar-refractivity contribution < 1.29 is 14.3 Å². The lowest BCUT2D eigenvalue weighted by molar-refractivity contribution is -0.122. The van der Waals surface area contributed by atoms with Crippen molar-refractivity contribution in [3.8, 4) is 11.5 Å². The van der Waals surface area contributed by atoms with Crippen molar-refractivity contribution in [3.63, 3.8) is 0 Å². The van der Waals surface area contributed by atoms with Gasteiger partial charge in [-0.05, 0) is 62.2 Å². The maximum atomic E-state index is 12.1. The summed E-state index contributed by atoms with van der Waals surface area (Å²) in [5, 5.41) is 2.90. The highest BCUT2D eigenvalue weighted by atomic mass is 16.5. The maximum absolute atomic E-state index is 12.1. The monoisotopic (exact) mass is 370 g/mol. The van der Waals surface area contributed by atoms with Gasteiger partial charge in [0, 0.05) is 6.54 Å². The van der Waals surface area contributed by atoms with Gasteiger partial charge < -0.3 is 14.8 Å². The molecular weight excluding hydrogens is 340 g/mol. The van der Waals surface area contributed by atoms with Gasteiger partial charge in [0.05, 0.1) is 20.2 Å². The van der Waals surface area contributed by atoms with Crippen molar-refractivity contribution in [2.75, 3.05) is 33.9 Å². The van der Waals surface area contributed by atoms with E-state index >= 15 is 0 Å². The van der Waals surface area contributed by atoms with E-state index in [9.17, 15) is 4.79 Å². The smallest absolute Gasteiger partial charge is 0.234 e. The fourth-order valence-electron chi connectivity index (χ4n) is 3.19. The largest absolute Gasteiger partial charge is 0.496 e. The van der Waals surface area contributed by atoms with Gasteiger partial charge in [-0.3, -0.25) is 9.69 Å². The van der Waals surface area contributed by atoms with Crippen LogP contribution in [-0.2, 0) is 11.3 Å². The van der Waals surface area contributed by atoms with Crippen molar-refractivity contribution in [1.82, 2.24) is 10.2 Å². The van der Waals surface area contributed by atoms with Gasteiger partial charge >= 0.3 is 0 Å². The zero-order chi connectivity index (χ0) is 19.8. The van der Waals surface area contributed by atoms with E-state index < -0.39 is 0 Å².